The van der Waals surface area contributed by atoms with E-state index in [0.717, 1.165) is 25.3 Å². The van der Waals surface area contributed by atoms with E-state index in [4.69, 9.17) is 0 Å². The number of fused-ring (bicyclic) bond motifs is 1. The average molecular weight is 364 g/mol. The zero-order valence-electron chi connectivity index (χ0n) is 15.7. The molecule has 3 rings (SSSR count). The molecule has 1 N–H and O–H groups in total. The summed E-state index contributed by atoms with van der Waals surface area (Å²) in [6, 6.07) is 15.1. The summed E-state index contributed by atoms with van der Waals surface area (Å²) < 4.78 is 0. The van der Waals surface area contributed by atoms with Crippen molar-refractivity contribution in [3.05, 3.63) is 76.0 Å². The maximum Gasteiger partial charge on any atom is 0.278 e. The fraction of sp³-hybridized carbons (Fsp3) is 0.286. The van der Waals surface area contributed by atoms with Gasteiger partial charge < -0.3 is 5.32 Å². The summed E-state index contributed by atoms with van der Waals surface area (Å²) in [6.45, 7) is 7.90. The highest BCUT2D eigenvalue weighted by Gasteiger charge is 2.15. The van der Waals surface area contributed by atoms with E-state index in [0.29, 0.717) is 17.4 Å². The van der Waals surface area contributed by atoms with Crippen LogP contribution in [0, 0.1) is 10.1 Å². The van der Waals surface area contributed by atoms with E-state index in [-0.39, 0.29) is 10.6 Å². The summed E-state index contributed by atoms with van der Waals surface area (Å²) >= 11 is 0. The number of non-ortho nitro benzene ring substituents is 1. The summed E-state index contributed by atoms with van der Waals surface area (Å²) in [7, 11) is 0. The van der Waals surface area contributed by atoms with Crippen molar-refractivity contribution in [1.29, 1.82) is 0 Å². The van der Waals surface area contributed by atoms with Crippen molar-refractivity contribution in [2.75, 3.05) is 18.4 Å². The number of aromatic nitrogens is 1. The Hall–Kier alpha value is -2.99. The summed E-state index contributed by atoms with van der Waals surface area (Å²) in [5, 5.41) is 15.2. The Morgan fingerprint density at radius 1 is 1.04 bits per heavy atom. The summed E-state index contributed by atoms with van der Waals surface area (Å²) in [6.07, 6.45) is 1.66. The van der Waals surface area contributed by atoms with Crippen LogP contribution >= 0.6 is 0 Å². The number of rotatable bonds is 8. The lowest BCUT2D eigenvalue weighted by molar-refractivity contribution is -0.383. The first kappa shape index (κ1) is 18.8. The highest BCUT2D eigenvalue weighted by atomic mass is 16.6. The van der Waals surface area contributed by atoms with Gasteiger partial charge in [0, 0.05) is 25.4 Å². The molecule has 0 atom stereocenters. The maximum atomic E-state index is 11.3. The lowest BCUT2D eigenvalue weighted by Crippen LogP contribution is -2.23. The second-order valence-electron chi connectivity index (χ2n) is 6.37. The number of pyridine rings is 1. The fourth-order valence-corrected chi connectivity index (χ4v) is 3.22. The number of nitro groups is 1. The molecule has 0 bridgehead atoms. The molecule has 2 aromatic carbocycles. The van der Waals surface area contributed by atoms with Gasteiger partial charge in [-0.15, -0.1) is 0 Å². The van der Waals surface area contributed by atoms with Gasteiger partial charge in [0.15, 0.2) is 0 Å². The van der Waals surface area contributed by atoms with Gasteiger partial charge in [-0.25, -0.2) is 0 Å². The quantitative estimate of drug-likeness (QED) is 0.467. The molecule has 140 valence electrons. The second kappa shape index (κ2) is 8.60. The van der Waals surface area contributed by atoms with Crippen LogP contribution in [-0.4, -0.2) is 27.9 Å². The minimum absolute atomic E-state index is 0.0746. The topological polar surface area (TPSA) is 71.3 Å². The molecule has 0 aliphatic carbocycles. The van der Waals surface area contributed by atoms with Gasteiger partial charge in [0.2, 0.25) is 0 Å². The normalized spacial score (nSPS) is 11.1. The van der Waals surface area contributed by atoms with E-state index in [2.05, 4.69) is 47.2 Å². The van der Waals surface area contributed by atoms with Gasteiger partial charge in [-0.3, -0.25) is 20.0 Å². The predicted octanol–water partition coefficient (Wildman–Crippen LogP) is 4.60. The number of nitrogens with zero attached hydrogens (tertiary/aromatic N) is 3. The van der Waals surface area contributed by atoms with Crippen LogP contribution < -0.4 is 5.32 Å². The van der Waals surface area contributed by atoms with E-state index in [1.807, 2.05) is 6.07 Å². The van der Waals surface area contributed by atoms with Gasteiger partial charge in [-0.05, 0) is 42.4 Å². The first-order chi connectivity index (χ1) is 13.1. The third-order valence-electron chi connectivity index (χ3n) is 4.82. The van der Waals surface area contributed by atoms with E-state index < -0.39 is 0 Å². The number of nitrogens with one attached hydrogen (secondary N) is 1. The number of benzene rings is 2. The van der Waals surface area contributed by atoms with E-state index in [1.165, 1.54) is 17.2 Å². The second-order valence-corrected chi connectivity index (χ2v) is 6.37. The number of nitro benzene ring substituents is 1. The first-order valence-electron chi connectivity index (χ1n) is 9.19. The smallest absolute Gasteiger partial charge is 0.278 e. The highest BCUT2D eigenvalue weighted by molar-refractivity contribution is 5.96. The molecule has 0 spiro atoms. The van der Waals surface area contributed by atoms with Gasteiger partial charge in [0.05, 0.1) is 16.0 Å². The lowest BCUT2D eigenvalue weighted by atomic mass is 10.1. The van der Waals surface area contributed by atoms with Crippen LogP contribution in [0.4, 0.5) is 11.4 Å². The molecule has 0 saturated heterocycles. The zero-order valence-corrected chi connectivity index (χ0v) is 15.7. The third kappa shape index (κ3) is 4.23. The monoisotopic (exact) mass is 364 g/mol. The summed E-state index contributed by atoms with van der Waals surface area (Å²) in [4.78, 5) is 17.6. The van der Waals surface area contributed by atoms with Crippen molar-refractivity contribution in [2.45, 2.75) is 26.9 Å². The van der Waals surface area contributed by atoms with Crippen molar-refractivity contribution in [2.24, 2.45) is 0 Å². The molecule has 0 fully saturated rings. The summed E-state index contributed by atoms with van der Waals surface area (Å²) in [5.74, 6) is 0. The van der Waals surface area contributed by atoms with E-state index in [1.54, 1.807) is 24.4 Å². The molecule has 0 radical (unpaired) electrons. The maximum absolute atomic E-state index is 11.3. The van der Waals surface area contributed by atoms with Gasteiger partial charge in [0.1, 0.15) is 5.52 Å². The molecule has 3 aromatic rings. The van der Waals surface area contributed by atoms with Gasteiger partial charge >= 0.3 is 0 Å². The number of hydrogen-bond acceptors (Lipinski definition) is 5. The van der Waals surface area contributed by atoms with Crippen molar-refractivity contribution in [1.82, 2.24) is 9.88 Å². The van der Waals surface area contributed by atoms with Crippen LogP contribution in [-0.2, 0) is 13.1 Å². The fourth-order valence-electron chi connectivity index (χ4n) is 3.22. The molecule has 0 amide bonds. The molecular formula is C21H24N4O2. The van der Waals surface area contributed by atoms with Crippen molar-refractivity contribution < 1.29 is 4.92 Å². The largest absolute Gasteiger partial charge is 0.379 e. The van der Waals surface area contributed by atoms with Gasteiger partial charge in [-0.2, -0.15) is 0 Å². The third-order valence-corrected chi connectivity index (χ3v) is 4.82. The Morgan fingerprint density at radius 2 is 1.78 bits per heavy atom. The minimum atomic E-state index is -0.368. The van der Waals surface area contributed by atoms with Crippen molar-refractivity contribution in [3.8, 4) is 0 Å². The predicted molar refractivity (Wildman–Crippen MR) is 109 cm³/mol. The molecule has 0 aliphatic rings. The van der Waals surface area contributed by atoms with Gasteiger partial charge in [-0.1, -0.05) is 38.1 Å². The molecular weight excluding hydrogens is 340 g/mol. The first-order valence-corrected chi connectivity index (χ1v) is 9.19. The Bertz CT molecular complexity index is 938. The molecule has 0 unspecified atom stereocenters. The molecule has 0 aliphatic heterocycles. The molecule has 27 heavy (non-hydrogen) atoms. The Labute approximate surface area is 159 Å². The van der Waals surface area contributed by atoms with Crippen LogP contribution in [0.3, 0.4) is 0 Å². The van der Waals surface area contributed by atoms with Crippen molar-refractivity contribution in [3.63, 3.8) is 0 Å². The minimum Gasteiger partial charge on any atom is -0.379 e. The van der Waals surface area contributed by atoms with Crippen LogP contribution in [0.25, 0.3) is 10.9 Å². The van der Waals surface area contributed by atoms with Crippen LogP contribution in [0.15, 0.2) is 54.7 Å². The Morgan fingerprint density at radius 3 is 2.48 bits per heavy atom. The average Bonchev–Trinajstić information content (AvgIpc) is 2.70. The number of anilines is 1. The van der Waals surface area contributed by atoms with E-state index >= 15 is 0 Å². The van der Waals surface area contributed by atoms with Crippen LogP contribution in [0.5, 0.6) is 0 Å². The molecule has 6 nitrogen and oxygen atoms in total. The highest BCUT2D eigenvalue weighted by Crippen LogP contribution is 2.30. The zero-order chi connectivity index (χ0) is 19.2. The SMILES string of the molecule is CCN(CC)Cc1ccccc1CNc1ccc([N+](=O)[O-])c2cccnc12. The van der Waals surface area contributed by atoms with Crippen molar-refractivity contribution >= 4 is 22.3 Å². The molecule has 1 heterocycles. The molecule has 1 aromatic heterocycles. The Balaban J connectivity index is 1.86. The lowest BCUT2D eigenvalue weighted by Gasteiger charge is -2.20. The number of hydrogen-bond donors (Lipinski definition) is 1. The van der Waals surface area contributed by atoms with E-state index in [9.17, 15) is 10.1 Å². The standard InChI is InChI=1S/C21H24N4O2/c1-3-24(4-2)15-17-9-6-5-8-16(17)14-23-19-11-12-20(25(26)27)18-10-7-13-22-21(18)19/h5-13,23H,3-4,14-15H2,1-2H3. The molecule has 0 saturated carbocycles. The van der Waals surface area contributed by atoms with Crippen LogP contribution in [0.1, 0.15) is 25.0 Å². The Kier molecular flexibility index (Phi) is 5.98. The molecule has 6 heteroatoms. The van der Waals surface area contributed by atoms with Gasteiger partial charge in [0.25, 0.3) is 5.69 Å². The van der Waals surface area contributed by atoms with Crippen LogP contribution in [0.2, 0.25) is 0 Å². The summed E-state index contributed by atoms with van der Waals surface area (Å²) in [5.41, 5.74) is 3.99.